The molecule has 4 N–H and O–H groups in total. The van der Waals surface area contributed by atoms with Crippen LogP contribution in [-0.4, -0.2) is 46.1 Å². The lowest BCUT2D eigenvalue weighted by atomic mass is 10.0. The molecule has 0 heterocycles. The van der Waals surface area contributed by atoms with Crippen molar-refractivity contribution in [3.8, 4) is 0 Å². The zero-order valence-corrected chi connectivity index (χ0v) is 26.0. The Kier molecular flexibility index (Phi) is 29.4. The van der Waals surface area contributed by atoms with Gasteiger partial charge in [-0.2, -0.15) is 0 Å². The maximum atomic E-state index is 12.2. The third-order valence-electron chi connectivity index (χ3n) is 7.87. The molecule has 0 spiro atoms. The molecule has 5 heteroatoms. The molecule has 0 aromatic rings. The van der Waals surface area contributed by atoms with Gasteiger partial charge in [-0.1, -0.05) is 142 Å². The summed E-state index contributed by atoms with van der Waals surface area (Å²) >= 11 is 0. The Balaban J connectivity index is 3.74. The Labute approximate surface area is 242 Å². The predicted octanol–water partition coefficient (Wildman–Crippen LogP) is 8.53. The summed E-state index contributed by atoms with van der Waals surface area (Å²) in [6.45, 7) is 4.12. The van der Waals surface area contributed by atoms with Crippen LogP contribution in [0.1, 0.15) is 174 Å². The van der Waals surface area contributed by atoms with Gasteiger partial charge in [0.2, 0.25) is 5.91 Å². The average molecular weight is 554 g/mol. The van der Waals surface area contributed by atoms with E-state index in [-0.39, 0.29) is 12.5 Å². The van der Waals surface area contributed by atoms with Crippen LogP contribution in [0.5, 0.6) is 0 Å². The highest BCUT2D eigenvalue weighted by molar-refractivity contribution is 5.76. The molecule has 0 rings (SSSR count). The third kappa shape index (κ3) is 25.8. The van der Waals surface area contributed by atoms with Crippen molar-refractivity contribution < 1.29 is 20.1 Å². The number of allylic oxidation sites excluding steroid dienone is 2. The number of carbonyl (C=O) groups excluding carboxylic acids is 1. The van der Waals surface area contributed by atoms with Gasteiger partial charge in [0, 0.05) is 6.42 Å². The number of carbonyl (C=O) groups is 1. The van der Waals surface area contributed by atoms with E-state index in [9.17, 15) is 20.1 Å². The average Bonchev–Trinajstić information content (AvgIpc) is 2.94. The molecule has 3 unspecified atom stereocenters. The van der Waals surface area contributed by atoms with E-state index < -0.39 is 18.2 Å². The van der Waals surface area contributed by atoms with Crippen LogP contribution in [0.25, 0.3) is 0 Å². The summed E-state index contributed by atoms with van der Waals surface area (Å²) in [4.78, 5) is 12.2. The number of nitrogens with one attached hydrogen (secondary N) is 1. The molecular weight excluding hydrogens is 486 g/mol. The Morgan fingerprint density at radius 3 is 1.49 bits per heavy atom. The van der Waals surface area contributed by atoms with Crippen molar-refractivity contribution in [2.75, 3.05) is 6.61 Å². The molecule has 5 nitrogen and oxygen atoms in total. The van der Waals surface area contributed by atoms with E-state index in [2.05, 4.69) is 31.3 Å². The summed E-state index contributed by atoms with van der Waals surface area (Å²) in [5.41, 5.74) is 0. The molecule has 0 saturated carbocycles. The predicted molar refractivity (Wildman–Crippen MR) is 167 cm³/mol. The van der Waals surface area contributed by atoms with Gasteiger partial charge < -0.3 is 20.6 Å². The van der Waals surface area contributed by atoms with Crippen LogP contribution in [0.2, 0.25) is 0 Å². The maximum Gasteiger partial charge on any atom is 0.220 e. The molecule has 0 aliphatic rings. The van der Waals surface area contributed by atoms with Gasteiger partial charge in [-0.25, -0.2) is 0 Å². The number of unbranched alkanes of at least 4 members (excludes halogenated alkanes) is 20. The van der Waals surface area contributed by atoms with E-state index in [1.54, 1.807) is 0 Å². The van der Waals surface area contributed by atoms with Gasteiger partial charge in [0.15, 0.2) is 0 Å². The largest absolute Gasteiger partial charge is 0.394 e. The second kappa shape index (κ2) is 30.1. The molecule has 39 heavy (non-hydrogen) atoms. The van der Waals surface area contributed by atoms with Gasteiger partial charge in [-0.15, -0.1) is 0 Å². The van der Waals surface area contributed by atoms with Crippen LogP contribution in [0, 0.1) is 0 Å². The summed E-state index contributed by atoms with van der Waals surface area (Å²) in [5, 5.41) is 33.2. The summed E-state index contributed by atoms with van der Waals surface area (Å²) in [7, 11) is 0. The first-order valence-electron chi connectivity index (χ1n) is 17.0. The van der Waals surface area contributed by atoms with Gasteiger partial charge in [-0.05, 0) is 38.5 Å². The molecule has 0 radical (unpaired) electrons. The first kappa shape index (κ1) is 38.1. The van der Waals surface area contributed by atoms with Gasteiger partial charge in [0.1, 0.15) is 6.10 Å². The monoisotopic (exact) mass is 554 g/mol. The highest BCUT2D eigenvalue weighted by Gasteiger charge is 2.26. The van der Waals surface area contributed by atoms with Crippen molar-refractivity contribution >= 4 is 5.91 Å². The molecule has 0 aliphatic heterocycles. The maximum absolute atomic E-state index is 12.2. The van der Waals surface area contributed by atoms with Gasteiger partial charge in [0.05, 0.1) is 18.8 Å². The van der Waals surface area contributed by atoms with Gasteiger partial charge >= 0.3 is 0 Å². The zero-order chi connectivity index (χ0) is 28.8. The molecule has 3 atom stereocenters. The quantitative estimate of drug-likeness (QED) is 0.0530. The second-order valence-electron chi connectivity index (χ2n) is 11.7. The third-order valence-corrected chi connectivity index (χ3v) is 7.87. The fourth-order valence-electron chi connectivity index (χ4n) is 5.16. The minimum Gasteiger partial charge on any atom is -0.394 e. The molecule has 0 bridgehead atoms. The summed E-state index contributed by atoms with van der Waals surface area (Å²) in [6.07, 6.45) is 31.6. The molecule has 1 amide bonds. The van der Waals surface area contributed by atoms with Crippen molar-refractivity contribution in [3.63, 3.8) is 0 Å². The van der Waals surface area contributed by atoms with E-state index in [0.717, 1.165) is 38.5 Å². The van der Waals surface area contributed by atoms with Crippen molar-refractivity contribution in [2.24, 2.45) is 0 Å². The SMILES string of the molecule is CCCCCCCCCCCCC/C=C/CCCC(O)C(O)C(CO)NC(=O)CCCCCCCCCCC. The standard InChI is InChI=1S/C34H67NO4/c1-3-5-7-9-11-13-14-15-16-17-18-19-21-22-24-26-28-32(37)34(39)31(30-36)35-33(38)29-27-25-23-20-12-10-8-6-4-2/h21-22,31-32,34,36-37,39H,3-20,23-30H2,1-2H3,(H,35,38)/b22-21+. The zero-order valence-electron chi connectivity index (χ0n) is 26.0. The van der Waals surface area contributed by atoms with E-state index in [4.69, 9.17) is 0 Å². The highest BCUT2D eigenvalue weighted by Crippen LogP contribution is 2.14. The summed E-state index contributed by atoms with van der Waals surface area (Å²) in [5.74, 6) is -0.159. The minimum atomic E-state index is -1.15. The molecule has 0 fully saturated rings. The summed E-state index contributed by atoms with van der Waals surface area (Å²) in [6, 6.07) is -0.817. The van der Waals surface area contributed by atoms with E-state index in [1.807, 2.05) is 0 Å². The number of aliphatic hydroxyl groups is 3. The van der Waals surface area contributed by atoms with Crippen molar-refractivity contribution in [1.82, 2.24) is 5.32 Å². The van der Waals surface area contributed by atoms with Crippen LogP contribution in [0.3, 0.4) is 0 Å². The number of rotatable bonds is 30. The Morgan fingerprint density at radius 1 is 0.615 bits per heavy atom. The van der Waals surface area contributed by atoms with E-state index in [0.29, 0.717) is 12.8 Å². The first-order valence-corrected chi connectivity index (χ1v) is 17.0. The van der Waals surface area contributed by atoms with Crippen LogP contribution < -0.4 is 5.32 Å². The second-order valence-corrected chi connectivity index (χ2v) is 11.7. The van der Waals surface area contributed by atoms with Crippen molar-refractivity contribution in [1.29, 1.82) is 0 Å². The molecule has 0 saturated heterocycles. The van der Waals surface area contributed by atoms with Crippen LogP contribution in [-0.2, 0) is 4.79 Å². The smallest absolute Gasteiger partial charge is 0.220 e. The Morgan fingerprint density at radius 2 is 1.03 bits per heavy atom. The fourth-order valence-corrected chi connectivity index (χ4v) is 5.16. The van der Waals surface area contributed by atoms with Crippen LogP contribution in [0.15, 0.2) is 12.2 Å². The van der Waals surface area contributed by atoms with Crippen LogP contribution in [0.4, 0.5) is 0 Å². The molecule has 0 aromatic heterocycles. The molecular formula is C34H67NO4. The lowest BCUT2D eigenvalue weighted by Crippen LogP contribution is -2.50. The van der Waals surface area contributed by atoms with E-state index >= 15 is 0 Å². The molecule has 232 valence electrons. The fraction of sp³-hybridized carbons (Fsp3) is 0.912. The normalized spacial score (nSPS) is 14.1. The molecule has 0 aromatic carbocycles. The summed E-state index contributed by atoms with van der Waals surface area (Å²) < 4.78 is 0. The highest BCUT2D eigenvalue weighted by atomic mass is 16.3. The number of hydrogen-bond acceptors (Lipinski definition) is 4. The number of amides is 1. The van der Waals surface area contributed by atoms with Gasteiger partial charge in [-0.3, -0.25) is 4.79 Å². The first-order chi connectivity index (χ1) is 19.1. The number of aliphatic hydroxyl groups excluding tert-OH is 3. The van der Waals surface area contributed by atoms with Gasteiger partial charge in [0.25, 0.3) is 0 Å². The minimum absolute atomic E-state index is 0.159. The van der Waals surface area contributed by atoms with Crippen molar-refractivity contribution in [2.45, 2.75) is 193 Å². The molecule has 0 aliphatic carbocycles. The van der Waals surface area contributed by atoms with Crippen molar-refractivity contribution in [3.05, 3.63) is 12.2 Å². The van der Waals surface area contributed by atoms with E-state index in [1.165, 1.54) is 109 Å². The Bertz CT molecular complexity index is 539. The lowest BCUT2D eigenvalue weighted by molar-refractivity contribution is -0.124. The topological polar surface area (TPSA) is 89.8 Å². The van der Waals surface area contributed by atoms with Crippen LogP contribution >= 0.6 is 0 Å². The number of hydrogen-bond donors (Lipinski definition) is 4. The lowest BCUT2D eigenvalue weighted by Gasteiger charge is -2.26. The Hall–Kier alpha value is -0.910.